The average Bonchev–Trinajstić information content (AvgIpc) is 2.99. The van der Waals surface area contributed by atoms with E-state index in [1.807, 2.05) is 6.92 Å². The van der Waals surface area contributed by atoms with Crippen LogP contribution in [0.5, 0.6) is 0 Å². The van der Waals surface area contributed by atoms with Gasteiger partial charge in [-0.1, -0.05) is 25.2 Å². The Labute approximate surface area is 126 Å². The van der Waals surface area contributed by atoms with Crippen LogP contribution >= 0.6 is 11.3 Å². The summed E-state index contributed by atoms with van der Waals surface area (Å²) in [5, 5.41) is 17.7. The second-order valence-corrected chi connectivity index (χ2v) is 6.64. The molecule has 0 aliphatic carbocycles. The summed E-state index contributed by atoms with van der Waals surface area (Å²) in [6, 6.07) is 0. The van der Waals surface area contributed by atoms with Gasteiger partial charge in [0, 0.05) is 24.2 Å². The molecule has 3 aromatic rings. The highest BCUT2D eigenvalue weighted by Gasteiger charge is 2.17. The summed E-state index contributed by atoms with van der Waals surface area (Å²) < 4.78 is 3.79. The minimum Gasteiger partial charge on any atom is -0.374 e. The monoisotopic (exact) mass is 305 g/mol. The van der Waals surface area contributed by atoms with Crippen LogP contribution in [0.15, 0.2) is 0 Å². The van der Waals surface area contributed by atoms with Gasteiger partial charge < -0.3 is 5.73 Å². The number of nitrogens with two attached hydrogens (primary N) is 1. The molecule has 8 heteroatoms. The van der Waals surface area contributed by atoms with E-state index >= 15 is 0 Å². The van der Waals surface area contributed by atoms with E-state index in [1.165, 1.54) is 22.6 Å². The maximum absolute atomic E-state index is 5.72. The van der Waals surface area contributed by atoms with Gasteiger partial charge in [-0.2, -0.15) is 9.61 Å². The first-order valence-corrected chi connectivity index (χ1v) is 7.76. The zero-order chi connectivity index (χ0) is 15.1. The van der Waals surface area contributed by atoms with Gasteiger partial charge in [0.25, 0.3) is 0 Å². The second-order valence-electron chi connectivity index (χ2n) is 5.65. The molecule has 2 N–H and O–H groups in total. The van der Waals surface area contributed by atoms with Gasteiger partial charge in [0.2, 0.25) is 10.1 Å². The Bertz CT molecular complexity index is 780. The number of nitrogens with zero attached hydrogens (tertiary/aromatic N) is 6. The summed E-state index contributed by atoms with van der Waals surface area (Å²) in [6.45, 7) is 9.44. The molecule has 0 radical (unpaired) electrons. The molecule has 0 atom stereocenters. The fourth-order valence-corrected chi connectivity index (χ4v) is 3.08. The fraction of sp³-hybridized carbons (Fsp3) is 0.538. The van der Waals surface area contributed by atoms with Crippen molar-refractivity contribution in [3.05, 3.63) is 22.8 Å². The van der Waals surface area contributed by atoms with E-state index in [1.54, 1.807) is 4.52 Å². The minimum absolute atomic E-state index is 0.505. The predicted molar refractivity (Wildman–Crippen MR) is 82.4 cm³/mol. The molecule has 21 heavy (non-hydrogen) atoms. The first-order chi connectivity index (χ1) is 9.95. The van der Waals surface area contributed by atoms with Crippen molar-refractivity contribution < 1.29 is 0 Å². The molecule has 3 aromatic heterocycles. The van der Waals surface area contributed by atoms with E-state index < -0.39 is 0 Å². The normalized spacial score (nSPS) is 11.9. The molecule has 0 fully saturated rings. The zero-order valence-corrected chi connectivity index (χ0v) is 13.5. The first-order valence-electron chi connectivity index (χ1n) is 6.95. The predicted octanol–water partition coefficient (Wildman–Crippen LogP) is 1.83. The Kier molecular flexibility index (Phi) is 3.40. The summed E-state index contributed by atoms with van der Waals surface area (Å²) in [4.78, 5) is 0.729. The second kappa shape index (κ2) is 5.10. The van der Waals surface area contributed by atoms with Crippen molar-refractivity contribution in [1.82, 2.24) is 29.6 Å². The van der Waals surface area contributed by atoms with Crippen LogP contribution in [0.1, 0.15) is 36.6 Å². The Hall–Kier alpha value is -1.96. The van der Waals surface area contributed by atoms with Crippen molar-refractivity contribution in [2.45, 2.75) is 40.7 Å². The van der Waals surface area contributed by atoms with E-state index in [0.717, 1.165) is 23.0 Å². The molecule has 0 saturated carbocycles. The molecule has 112 valence electrons. The molecular weight excluding hydrogens is 286 g/mol. The molecule has 0 amide bonds. The topological polar surface area (TPSA) is 86.9 Å². The summed E-state index contributed by atoms with van der Waals surface area (Å²) in [5.41, 5.74) is 9.13. The van der Waals surface area contributed by atoms with Gasteiger partial charge in [0.15, 0.2) is 5.82 Å². The van der Waals surface area contributed by atoms with Crippen molar-refractivity contribution in [3.8, 4) is 0 Å². The van der Waals surface area contributed by atoms with Gasteiger partial charge in [-0.25, -0.2) is 0 Å². The molecule has 0 aliphatic heterocycles. The summed E-state index contributed by atoms with van der Waals surface area (Å²) >= 11 is 1.34. The van der Waals surface area contributed by atoms with E-state index in [9.17, 15) is 0 Å². The SMILES string of the molecule is Cc1nn(CC(C)C)c(C)c1Cc1nnc2sc(N)nn12. The number of fused-ring (bicyclic) bond motifs is 1. The van der Waals surface area contributed by atoms with Crippen molar-refractivity contribution >= 4 is 21.4 Å². The lowest BCUT2D eigenvalue weighted by molar-refractivity contribution is 0.472. The summed E-state index contributed by atoms with van der Waals surface area (Å²) in [5.74, 6) is 1.36. The maximum Gasteiger partial charge on any atom is 0.236 e. The molecule has 0 unspecified atom stereocenters. The van der Waals surface area contributed by atoms with E-state index in [-0.39, 0.29) is 0 Å². The number of anilines is 1. The zero-order valence-electron chi connectivity index (χ0n) is 12.7. The number of hydrogen-bond acceptors (Lipinski definition) is 6. The molecule has 3 heterocycles. The largest absolute Gasteiger partial charge is 0.374 e. The molecular formula is C13H19N7S. The van der Waals surface area contributed by atoms with Gasteiger partial charge in [-0.15, -0.1) is 15.3 Å². The minimum atomic E-state index is 0.505. The quantitative estimate of drug-likeness (QED) is 0.794. The van der Waals surface area contributed by atoms with E-state index in [2.05, 4.69) is 45.8 Å². The van der Waals surface area contributed by atoms with Gasteiger partial charge in [0.05, 0.1) is 5.69 Å². The average molecular weight is 305 g/mol. The Morgan fingerprint density at radius 1 is 1.19 bits per heavy atom. The lowest BCUT2D eigenvalue weighted by Gasteiger charge is -2.07. The van der Waals surface area contributed by atoms with Crippen molar-refractivity contribution in [3.63, 3.8) is 0 Å². The Balaban J connectivity index is 1.96. The van der Waals surface area contributed by atoms with Crippen LogP contribution in [0.2, 0.25) is 0 Å². The van der Waals surface area contributed by atoms with Gasteiger partial charge >= 0.3 is 0 Å². The summed E-state index contributed by atoms with van der Waals surface area (Å²) in [7, 11) is 0. The van der Waals surface area contributed by atoms with E-state index in [4.69, 9.17) is 5.73 Å². The van der Waals surface area contributed by atoms with Crippen molar-refractivity contribution in [1.29, 1.82) is 0 Å². The third-order valence-corrected chi connectivity index (χ3v) is 4.20. The van der Waals surface area contributed by atoms with Gasteiger partial charge in [-0.3, -0.25) is 4.68 Å². The molecule has 3 rings (SSSR count). The van der Waals surface area contributed by atoms with Crippen molar-refractivity contribution in [2.75, 3.05) is 5.73 Å². The molecule has 0 saturated heterocycles. The number of nitrogen functional groups attached to an aromatic ring is 1. The fourth-order valence-electron chi connectivity index (χ4n) is 2.45. The number of aromatic nitrogens is 6. The highest BCUT2D eigenvalue weighted by atomic mass is 32.1. The maximum atomic E-state index is 5.72. The molecule has 0 aromatic carbocycles. The van der Waals surface area contributed by atoms with E-state index in [0.29, 0.717) is 17.5 Å². The highest BCUT2D eigenvalue weighted by Crippen LogP contribution is 2.20. The first kappa shape index (κ1) is 14.0. The van der Waals surface area contributed by atoms with Crippen LogP contribution in [0.4, 0.5) is 5.13 Å². The lowest BCUT2D eigenvalue weighted by atomic mass is 10.1. The number of aryl methyl sites for hydroxylation is 1. The van der Waals surface area contributed by atoms with Crippen LogP contribution < -0.4 is 5.73 Å². The molecule has 0 bridgehead atoms. The number of rotatable bonds is 4. The van der Waals surface area contributed by atoms with Crippen LogP contribution in [0, 0.1) is 19.8 Å². The summed E-state index contributed by atoms with van der Waals surface area (Å²) in [6.07, 6.45) is 0.667. The van der Waals surface area contributed by atoms with Crippen LogP contribution in [-0.2, 0) is 13.0 Å². The smallest absolute Gasteiger partial charge is 0.236 e. The Morgan fingerprint density at radius 2 is 1.95 bits per heavy atom. The molecule has 7 nitrogen and oxygen atoms in total. The van der Waals surface area contributed by atoms with Crippen LogP contribution in [0.25, 0.3) is 4.96 Å². The highest BCUT2D eigenvalue weighted by molar-refractivity contribution is 7.20. The van der Waals surface area contributed by atoms with Crippen molar-refractivity contribution in [2.24, 2.45) is 5.92 Å². The van der Waals surface area contributed by atoms with Crippen LogP contribution in [0.3, 0.4) is 0 Å². The van der Waals surface area contributed by atoms with Gasteiger partial charge in [0.1, 0.15) is 0 Å². The third kappa shape index (κ3) is 2.51. The standard InChI is InChI=1S/C13H19N7S/c1-7(2)6-19-9(4)10(8(3)17-19)5-11-15-16-13-20(11)18-12(14)21-13/h7H,5-6H2,1-4H3,(H2,14,18). The number of hydrogen-bond donors (Lipinski definition) is 1. The molecule has 0 spiro atoms. The Morgan fingerprint density at radius 3 is 2.67 bits per heavy atom. The van der Waals surface area contributed by atoms with Gasteiger partial charge in [-0.05, 0) is 19.8 Å². The lowest BCUT2D eigenvalue weighted by Crippen LogP contribution is -2.08. The molecule has 0 aliphatic rings. The van der Waals surface area contributed by atoms with Crippen LogP contribution in [-0.4, -0.2) is 29.6 Å². The third-order valence-electron chi connectivity index (χ3n) is 3.48.